The summed E-state index contributed by atoms with van der Waals surface area (Å²) in [7, 11) is 1.89. The minimum absolute atomic E-state index is 0.553. The predicted octanol–water partition coefficient (Wildman–Crippen LogP) is -1.43. The maximum Gasteiger partial charge on any atom is 0.221 e. The summed E-state index contributed by atoms with van der Waals surface area (Å²) in [5.74, 6) is 0. The van der Waals surface area contributed by atoms with E-state index in [0.29, 0.717) is 17.8 Å². The molecule has 0 atom stereocenters. The molecule has 0 spiro atoms. The Morgan fingerprint density at radius 1 is 1.20 bits per heavy atom. The molecule has 96 valence electrons. The molecule has 4 rings (SSSR count). The van der Waals surface area contributed by atoms with E-state index in [4.69, 9.17) is 0 Å². The Kier molecular flexibility index (Phi) is 2.25. The van der Waals surface area contributed by atoms with Crippen molar-refractivity contribution in [2.75, 3.05) is 0 Å². The average Bonchev–Trinajstić information content (AvgIpc) is 3.05. The van der Waals surface area contributed by atoms with Crippen LogP contribution in [0, 0.1) is 0 Å². The molecule has 0 aliphatic rings. The van der Waals surface area contributed by atoms with Crippen LogP contribution in [0.25, 0.3) is 16.9 Å². The lowest BCUT2D eigenvalue weighted by atomic mass is 10.1. The highest BCUT2D eigenvalue weighted by Gasteiger charge is 2.08. The average molecular weight is 264 g/mol. The Morgan fingerprint density at radius 3 is 3.10 bits per heavy atom. The normalized spacial score (nSPS) is 11.4. The molecule has 0 amide bonds. The molecule has 0 saturated heterocycles. The molecule has 8 nitrogen and oxygen atoms in total. The second-order valence-corrected chi connectivity index (χ2v) is 4.51. The van der Waals surface area contributed by atoms with Crippen molar-refractivity contribution >= 4 is 30.4 Å². The smallest absolute Gasteiger partial charge is 0.221 e. The third-order valence-electron chi connectivity index (χ3n) is 3.02. The third-order valence-corrected chi connectivity index (χ3v) is 3.02. The lowest BCUT2D eigenvalue weighted by Crippen LogP contribution is -2.12. The van der Waals surface area contributed by atoms with Gasteiger partial charge in [0.1, 0.15) is 6.33 Å². The van der Waals surface area contributed by atoms with Crippen molar-refractivity contribution < 1.29 is 0 Å². The molecular weight excluding hydrogens is 255 g/mol. The standard InChI is InChI=1S/C11H9BN8/c12-8-3-13-10-11(16-8)20(18-17-10)5-7-1-2-9-14-6-15-19(9)4-7/h1-4,6H,5,12H2. The summed E-state index contributed by atoms with van der Waals surface area (Å²) >= 11 is 0. The SMILES string of the molecule is Bc1cnc2nnn(Cc3ccc4ncnn4c3)c2n1. The van der Waals surface area contributed by atoms with Crippen molar-refractivity contribution in [3.63, 3.8) is 0 Å². The summed E-state index contributed by atoms with van der Waals surface area (Å²) in [5.41, 5.74) is 3.93. The van der Waals surface area contributed by atoms with Gasteiger partial charge in [0.05, 0.1) is 6.54 Å². The van der Waals surface area contributed by atoms with Gasteiger partial charge in [-0.3, -0.25) is 0 Å². The lowest BCUT2D eigenvalue weighted by Gasteiger charge is -2.02. The Labute approximate surface area is 113 Å². The van der Waals surface area contributed by atoms with Crippen molar-refractivity contribution in [3.05, 3.63) is 36.4 Å². The largest absolute Gasteiger partial charge is 0.240 e. The van der Waals surface area contributed by atoms with Gasteiger partial charge in [0.2, 0.25) is 5.65 Å². The number of pyridine rings is 1. The molecule has 20 heavy (non-hydrogen) atoms. The van der Waals surface area contributed by atoms with Crippen LogP contribution in [-0.4, -0.2) is 47.4 Å². The molecule has 0 bridgehead atoms. The highest BCUT2D eigenvalue weighted by Crippen LogP contribution is 2.08. The van der Waals surface area contributed by atoms with E-state index >= 15 is 0 Å². The third kappa shape index (κ3) is 1.71. The molecule has 4 aromatic rings. The minimum atomic E-state index is 0.553. The molecule has 0 unspecified atom stereocenters. The van der Waals surface area contributed by atoms with Crippen molar-refractivity contribution in [2.45, 2.75) is 6.54 Å². The first-order valence-corrected chi connectivity index (χ1v) is 6.11. The predicted molar refractivity (Wildman–Crippen MR) is 73.4 cm³/mol. The molecule has 4 heterocycles. The summed E-state index contributed by atoms with van der Waals surface area (Å²) in [5, 5.41) is 12.2. The lowest BCUT2D eigenvalue weighted by molar-refractivity contribution is 0.661. The highest BCUT2D eigenvalue weighted by atomic mass is 15.4. The highest BCUT2D eigenvalue weighted by molar-refractivity contribution is 6.30. The molecule has 0 saturated carbocycles. The van der Waals surface area contributed by atoms with Gasteiger partial charge in [0, 0.05) is 18.0 Å². The Bertz CT molecular complexity index is 911. The van der Waals surface area contributed by atoms with Crippen molar-refractivity contribution in [1.82, 2.24) is 39.6 Å². The van der Waals surface area contributed by atoms with Gasteiger partial charge in [-0.25, -0.2) is 24.1 Å². The molecular formula is C11H9BN8. The van der Waals surface area contributed by atoms with Gasteiger partial charge < -0.3 is 0 Å². The van der Waals surface area contributed by atoms with E-state index < -0.39 is 0 Å². The van der Waals surface area contributed by atoms with E-state index in [1.807, 2.05) is 26.2 Å². The fourth-order valence-corrected chi connectivity index (χ4v) is 2.07. The van der Waals surface area contributed by atoms with E-state index in [9.17, 15) is 0 Å². The van der Waals surface area contributed by atoms with Crippen LogP contribution < -0.4 is 5.59 Å². The van der Waals surface area contributed by atoms with Gasteiger partial charge in [0.25, 0.3) is 0 Å². The molecule has 9 heteroatoms. The number of rotatable bonds is 2. The van der Waals surface area contributed by atoms with E-state index in [1.165, 1.54) is 6.33 Å². The first-order valence-electron chi connectivity index (χ1n) is 6.11. The van der Waals surface area contributed by atoms with Gasteiger partial charge in [-0.2, -0.15) is 5.10 Å². The quantitative estimate of drug-likeness (QED) is 0.412. The number of nitrogens with zero attached hydrogens (tertiary/aromatic N) is 8. The Balaban J connectivity index is 1.77. The topological polar surface area (TPSA) is 86.7 Å². The summed E-state index contributed by atoms with van der Waals surface area (Å²) in [4.78, 5) is 12.7. The fourth-order valence-electron chi connectivity index (χ4n) is 2.07. The Hall–Kier alpha value is -2.84. The maximum absolute atomic E-state index is 4.42. The van der Waals surface area contributed by atoms with Crippen molar-refractivity contribution in [1.29, 1.82) is 0 Å². The zero-order chi connectivity index (χ0) is 13.5. The summed E-state index contributed by atoms with van der Waals surface area (Å²) in [6, 6.07) is 3.90. The van der Waals surface area contributed by atoms with Crippen LogP contribution in [0.5, 0.6) is 0 Å². The summed E-state index contributed by atoms with van der Waals surface area (Å²) in [6.07, 6.45) is 5.13. The van der Waals surface area contributed by atoms with Crippen LogP contribution in [-0.2, 0) is 6.54 Å². The number of hydrogen-bond donors (Lipinski definition) is 0. The minimum Gasteiger partial charge on any atom is -0.240 e. The number of hydrogen-bond acceptors (Lipinski definition) is 6. The first-order chi connectivity index (χ1) is 9.79. The van der Waals surface area contributed by atoms with E-state index in [0.717, 1.165) is 16.8 Å². The van der Waals surface area contributed by atoms with E-state index in [1.54, 1.807) is 15.4 Å². The van der Waals surface area contributed by atoms with Crippen LogP contribution in [0.2, 0.25) is 0 Å². The second-order valence-electron chi connectivity index (χ2n) is 4.51. The molecule has 4 aromatic heterocycles. The maximum atomic E-state index is 4.42. The van der Waals surface area contributed by atoms with Gasteiger partial charge in [-0.05, 0) is 11.6 Å². The molecule has 0 aliphatic heterocycles. The van der Waals surface area contributed by atoms with Crippen LogP contribution in [0.1, 0.15) is 5.56 Å². The van der Waals surface area contributed by atoms with Crippen LogP contribution >= 0.6 is 0 Å². The van der Waals surface area contributed by atoms with Crippen LogP contribution in [0.4, 0.5) is 0 Å². The summed E-state index contributed by atoms with van der Waals surface area (Å²) < 4.78 is 3.46. The Morgan fingerprint density at radius 2 is 2.15 bits per heavy atom. The van der Waals surface area contributed by atoms with Gasteiger partial charge in [-0.15, -0.1) is 5.10 Å². The monoisotopic (exact) mass is 264 g/mol. The molecule has 0 aliphatic carbocycles. The van der Waals surface area contributed by atoms with Crippen molar-refractivity contribution in [3.8, 4) is 0 Å². The molecule has 0 aromatic carbocycles. The van der Waals surface area contributed by atoms with Crippen LogP contribution in [0.3, 0.4) is 0 Å². The fraction of sp³-hybridized carbons (Fsp3) is 0.0909. The number of aromatic nitrogens is 8. The van der Waals surface area contributed by atoms with Gasteiger partial charge in [-0.1, -0.05) is 11.3 Å². The van der Waals surface area contributed by atoms with E-state index in [2.05, 4.69) is 30.4 Å². The van der Waals surface area contributed by atoms with E-state index in [-0.39, 0.29) is 0 Å². The molecule has 0 N–H and O–H groups in total. The molecule has 0 fully saturated rings. The van der Waals surface area contributed by atoms with Crippen LogP contribution in [0.15, 0.2) is 30.9 Å². The molecule has 0 radical (unpaired) electrons. The van der Waals surface area contributed by atoms with Gasteiger partial charge >= 0.3 is 0 Å². The van der Waals surface area contributed by atoms with Crippen molar-refractivity contribution in [2.24, 2.45) is 0 Å². The first kappa shape index (κ1) is 11.0. The zero-order valence-corrected chi connectivity index (χ0v) is 10.7. The zero-order valence-electron chi connectivity index (χ0n) is 10.7. The summed E-state index contributed by atoms with van der Waals surface area (Å²) in [6.45, 7) is 0.560. The second kappa shape index (κ2) is 4.09. The van der Waals surface area contributed by atoms with Gasteiger partial charge in [0.15, 0.2) is 19.1 Å². The number of fused-ring (bicyclic) bond motifs is 2.